The number of piperazine rings is 1. The molecular weight excluding hydrogens is 351 g/mol. The van der Waals surface area contributed by atoms with Crippen LogP contribution in [0.5, 0.6) is 0 Å². The molecule has 0 radical (unpaired) electrons. The first-order valence-corrected chi connectivity index (χ1v) is 8.66. The monoisotopic (exact) mass is 380 g/mol. The molecule has 0 unspecified atom stereocenters. The van der Waals surface area contributed by atoms with Gasteiger partial charge >= 0.3 is 0 Å². The van der Waals surface area contributed by atoms with E-state index in [9.17, 15) is 0 Å². The summed E-state index contributed by atoms with van der Waals surface area (Å²) in [6.45, 7) is 11.5. The average Bonchev–Trinajstić information content (AvgIpc) is 2.56. The molecular formula is C21H30Cl2N2. The van der Waals surface area contributed by atoms with Gasteiger partial charge in [-0.25, -0.2) is 0 Å². The van der Waals surface area contributed by atoms with Crippen molar-refractivity contribution < 1.29 is 0 Å². The maximum atomic E-state index is 3.46. The largest absolute Gasteiger partial charge is 0.314 e. The molecule has 2 aromatic rings. The van der Waals surface area contributed by atoms with Gasteiger partial charge in [0.1, 0.15) is 0 Å². The third kappa shape index (κ3) is 5.46. The Hall–Kier alpha value is -1.06. The predicted molar refractivity (Wildman–Crippen MR) is 113 cm³/mol. The van der Waals surface area contributed by atoms with E-state index in [0.29, 0.717) is 6.04 Å². The van der Waals surface area contributed by atoms with Crippen LogP contribution in [0.4, 0.5) is 0 Å². The summed E-state index contributed by atoms with van der Waals surface area (Å²) in [5.41, 5.74) is 4.24. The zero-order chi connectivity index (χ0) is 16.3. The Morgan fingerprint density at radius 2 is 1.32 bits per heavy atom. The van der Waals surface area contributed by atoms with Gasteiger partial charge in [-0.05, 0) is 22.1 Å². The molecule has 0 spiro atoms. The van der Waals surface area contributed by atoms with Gasteiger partial charge in [0.05, 0.1) is 0 Å². The van der Waals surface area contributed by atoms with Gasteiger partial charge in [0, 0.05) is 32.2 Å². The van der Waals surface area contributed by atoms with Crippen molar-refractivity contribution in [1.82, 2.24) is 10.2 Å². The lowest BCUT2D eigenvalue weighted by atomic mass is 9.80. The molecule has 138 valence electrons. The van der Waals surface area contributed by atoms with Crippen molar-refractivity contribution in [2.75, 3.05) is 26.2 Å². The molecule has 3 rings (SSSR count). The fourth-order valence-electron chi connectivity index (χ4n) is 3.69. The van der Waals surface area contributed by atoms with E-state index in [4.69, 9.17) is 0 Å². The molecule has 1 N–H and O–H groups in total. The maximum absolute atomic E-state index is 3.46. The van der Waals surface area contributed by atoms with Gasteiger partial charge in [0.25, 0.3) is 0 Å². The van der Waals surface area contributed by atoms with Gasteiger partial charge in [-0.2, -0.15) is 0 Å². The second kappa shape index (κ2) is 9.59. The molecule has 25 heavy (non-hydrogen) atoms. The zero-order valence-corrected chi connectivity index (χ0v) is 17.0. The van der Waals surface area contributed by atoms with E-state index in [1.807, 2.05) is 0 Å². The normalized spacial score (nSPS) is 16.4. The highest BCUT2D eigenvalue weighted by Gasteiger charge is 2.32. The molecule has 1 fully saturated rings. The lowest BCUT2D eigenvalue weighted by Gasteiger charge is -2.42. The van der Waals surface area contributed by atoms with Crippen molar-refractivity contribution in [3.05, 3.63) is 60.2 Å². The standard InChI is InChI=1S/C21H28N2.2ClH/c1-21(2,3)20(23-15-13-22-14-16-23)19-11-9-18(10-12-19)17-7-5-4-6-8-17;;/h4-12,20,22H,13-16H2,1-3H3;2*1H/t20-;;/m0../s1. The molecule has 1 saturated heterocycles. The minimum Gasteiger partial charge on any atom is -0.314 e. The minimum absolute atomic E-state index is 0. The number of halogens is 2. The zero-order valence-electron chi connectivity index (χ0n) is 15.4. The highest BCUT2D eigenvalue weighted by atomic mass is 35.5. The smallest absolute Gasteiger partial charge is 0.0397 e. The number of hydrogen-bond acceptors (Lipinski definition) is 2. The van der Waals surface area contributed by atoms with Gasteiger partial charge in [0.15, 0.2) is 0 Å². The van der Waals surface area contributed by atoms with Crippen molar-refractivity contribution in [1.29, 1.82) is 0 Å². The molecule has 0 amide bonds. The molecule has 0 aliphatic carbocycles. The summed E-state index contributed by atoms with van der Waals surface area (Å²) in [5, 5.41) is 3.46. The van der Waals surface area contributed by atoms with Gasteiger partial charge in [-0.3, -0.25) is 4.90 Å². The molecule has 2 nitrogen and oxygen atoms in total. The van der Waals surface area contributed by atoms with E-state index in [-0.39, 0.29) is 30.2 Å². The van der Waals surface area contributed by atoms with Crippen LogP contribution in [0, 0.1) is 5.41 Å². The molecule has 0 saturated carbocycles. The molecule has 0 aromatic heterocycles. The average molecular weight is 381 g/mol. The Morgan fingerprint density at radius 3 is 1.84 bits per heavy atom. The minimum atomic E-state index is 0. The van der Waals surface area contributed by atoms with E-state index in [0.717, 1.165) is 26.2 Å². The van der Waals surface area contributed by atoms with Gasteiger partial charge in [-0.1, -0.05) is 75.4 Å². The fourth-order valence-corrected chi connectivity index (χ4v) is 3.69. The van der Waals surface area contributed by atoms with Crippen LogP contribution in [0.2, 0.25) is 0 Å². The Morgan fingerprint density at radius 1 is 0.800 bits per heavy atom. The summed E-state index contributed by atoms with van der Waals surface area (Å²) in [6, 6.07) is 20.3. The van der Waals surface area contributed by atoms with Crippen LogP contribution < -0.4 is 5.32 Å². The summed E-state index contributed by atoms with van der Waals surface area (Å²) in [7, 11) is 0. The summed E-state index contributed by atoms with van der Waals surface area (Å²) in [4.78, 5) is 2.63. The Labute approximate surface area is 164 Å². The van der Waals surface area contributed by atoms with E-state index in [2.05, 4.69) is 85.6 Å². The quantitative estimate of drug-likeness (QED) is 0.787. The lowest BCUT2D eigenvalue weighted by molar-refractivity contribution is 0.0862. The molecule has 1 aliphatic heterocycles. The topological polar surface area (TPSA) is 15.3 Å². The van der Waals surface area contributed by atoms with Crippen molar-refractivity contribution >= 4 is 24.8 Å². The molecule has 1 aliphatic rings. The SMILES string of the molecule is CC(C)(C)[C@H](c1ccc(-c2ccccc2)cc1)N1CCNCC1.Cl.Cl. The lowest BCUT2D eigenvalue weighted by Crippen LogP contribution is -2.48. The summed E-state index contributed by atoms with van der Waals surface area (Å²) in [5.74, 6) is 0. The molecule has 1 heterocycles. The predicted octanol–water partition coefficient (Wildman–Crippen LogP) is 5.19. The summed E-state index contributed by atoms with van der Waals surface area (Å²) < 4.78 is 0. The molecule has 2 aromatic carbocycles. The Kier molecular flexibility index (Phi) is 8.43. The first-order valence-electron chi connectivity index (χ1n) is 8.66. The number of hydrogen-bond donors (Lipinski definition) is 1. The molecule has 4 heteroatoms. The Balaban J connectivity index is 0.00000156. The second-order valence-electron chi connectivity index (χ2n) is 7.54. The summed E-state index contributed by atoms with van der Waals surface area (Å²) in [6.07, 6.45) is 0. The number of benzene rings is 2. The third-order valence-electron chi connectivity index (χ3n) is 4.67. The first kappa shape index (κ1) is 22.0. The van der Waals surface area contributed by atoms with Crippen LogP contribution in [0.3, 0.4) is 0 Å². The van der Waals surface area contributed by atoms with Gasteiger partial charge < -0.3 is 5.32 Å². The highest BCUT2D eigenvalue weighted by Crippen LogP contribution is 2.38. The van der Waals surface area contributed by atoms with Gasteiger partial charge in [0.2, 0.25) is 0 Å². The van der Waals surface area contributed by atoms with Crippen LogP contribution in [0.25, 0.3) is 11.1 Å². The van der Waals surface area contributed by atoms with E-state index in [1.54, 1.807) is 0 Å². The highest BCUT2D eigenvalue weighted by molar-refractivity contribution is 5.85. The van der Waals surface area contributed by atoms with Crippen molar-refractivity contribution in [2.24, 2.45) is 5.41 Å². The van der Waals surface area contributed by atoms with Crippen LogP contribution in [0.15, 0.2) is 54.6 Å². The van der Waals surface area contributed by atoms with Crippen LogP contribution in [-0.2, 0) is 0 Å². The number of nitrogens with zero attached hydrogens (tertiary/aromatic N) is 1. The van der Waals surface area contributed by atoms with Crippen molar-refractivity contribution in [2.45, 2.75) is 26.8 Å². The molecule has 1 atom stereocenters. The van der Waals surface area contributed by atoms with Crippen molar-refractivity contribution in [3.63, 3.8) is 0 Å². The molecule has 0 bridgehead atoms. The van der Waals surface area contributed by atoms with Gasteiger partial charge in [-0.15, -0.1) is 24.8 Å². The van der Waals surface area contributed by atoms with Crippen molar-refractivity contribution in [3.8, 4) is 11.1 Å². The van der Waals surface area contributed by atoms with Crippen LogP contribution >= 0.6 is 24.8 Å². The first-order chi connectivity index (χ1) is 11.1. The number of nitrogens with one attached hydrogen (secondary N) is 1. The van der Waals surface area contributed by atoms with E-state index in [1.165, 1.54) is 16.7 Å². The summed E-state index contributed by atoms with van der Waals surface area (Å²) >= 11 is 0. The Bertz CT molecular complexity index is 615. The van der Waals surface area contributed by atoms with E-state index < -0.39 is 0 Å². The van der Waals surface area contributed by atoms with E-state index >= 15 is 0 Å². The second-order valence-corrected chi connectivity index (χ2v) is 7.54. The number of rotatable bonds is 3. The maximum Gasteiger partial charge on any atom is 0.0397 e. The van der Waals surface area contributed by atoms with Crippen LogP contribution in [0.1, 0.15) is 32.4 Å². The third-order valence-corrected chi connectivity index (χ3v) is 4.67. The van der Waals surface area contributed by atoms with Crippen LogP contribution in [-0.4, -0.2) is 31.1 Å². The fraction of sp³-hybridized carbons (Fsp3) is 0.429.